The van der Waals surface area contributed by atoms with Gasteiger partial charge in [0, 0.05) is 0 Å². The summed E-state index contributed by atoms with van der Waals surface area (Å²) in [7, 11) is 1.43. The van der Waals surface area contributed by atoms with Crippen molar-refractivity contribution in [3.05, 3.63) is 24.3 Å². The number of benzene rings is 1. The van der Waals surface area contributed by atoms with E-state index in [-0.39, 0.29) is 5.69 Å². The van der Waals surface area contributed by atoms with Crippen molar-refractivity contribution in [2.45, 2.75) is 11.3 Å². The Hall–Kier alpha value is -0.570. The van der Waals surface area contributed by atoms with Gasteiger partial charge in [-0.05, 0) is 58.5 Å². The molecule has 0 saturated heterocycles. The number of methoxy groups -OCH3 is 1. The molecule has 0 saturated carbocycles. The molecule has 0 amide bonds. The zero-order valence-electron chi connectivity index (χ0n) is 8.93. The topological polar surface area (TPSA) is 21.6 Å². The van der Waals surface area contributed by atoms with Crippen LogP contribution >= 0.6 is 34.2 Å². The van der Waals surface area contributed by atoms with E-state index >= 15 is 0 Å². The van der Waals surface area contributed by atoms with Gasteiger partial charge >= 0.3 is 11.3 Å². The van der Waals surface area contributed by atoms with Crippen molar-refractivity contribution in [1.29, 1.82) is 0 Å². The number of hydrogen-bond donors (Lipinski definition) is 0. The van der Waals surface area contributed by atoms with E-state index in [9.17, 15) is 17.6 Å². The SMILES string of the molecule is COc1ccc(N=C(I)C(F)(F)C(F)(F)Cl)cc1. The molecule has 0 atom stereocenters. The number of hydrogen-bond acceptors (Lipinski definition) is 2. The van der Waals surface area contributed by atoms with Gasteiger partial charge in [-0.1, -0.05) is 0 Å². The lowest BCUT2D eigenvalue weighted by atomic mass is 10.3. The summed E-state index contributed by atoms with van der Waals surface area (Å²) < 4.78 is 54.9. The van der Waals surface area contributed by atoms with Gasteiger partial charge in [-0.15, -0.1) is 0 Å². The maximum Gasteiger partial charge on any atom is 0.390 e. The molecule has 0 spiro atoms. The first-order valence-corrected chi connectivity index (χ1v) is 5.97. The molecule has 0 fully saturated rings. The van der Waals surface area contributed by atoms with Gasteiger partial charge in [0.1, 0.15) is 5.75 Å². The summed E-state index contributed by atoms with van der Waals surface area (Å²) in [5.41, 5.74) is 0.0980. The summed E-state index contributed by atoms with van der Waals surface area (Å²) >= 11 is 5.38. The zero-order valence-corrected chi connectivity index (χ0v) is 11.8. The van der Waals surface area contributed by atoms with Crippen LogP contribution in [0, 0.1) is 0 Å². The Morgan fingerprint density at radius 2 is 1.72 bits per heavy atom. The van der Waals surface area contributed by atoms with Crippen molar-refractivity contribution in [2.75, 3.05) is 7.11 Å². The molecule has 1 aromatic rings. The minimum atomic E-state index is -4.68. The van der Waals surface area contributed by atoms with Crippen molar-refractivity contribution < 1.29 is 22.3 Å². The highest BCUT2D eigenvalue weighted by atomic mass is 127. The minimum Gasteiger partial charge on any atom is -0.497 e. The lowest BCUT2D eigenvalue weighted by Gasteiger charge is -2.19. The predicted octanol–water partition coefficient (Wildman–Crippen LogP) is 4.63. The van der Waals surface area contributed by atoms with Gasteiger partial charge in [0.2, 0.25) is 0 Å². The van der Waals surface area contributed by atoms with E-state index in [2.05, 4.69) is 16.6 Å². The number of rotatable bonds is 4. The quantitative estimate of drug-likeness (QED) is 0.315. The van der Waals surface area contributed by atoms with Crippen LogP contribution in [-0.2, 0) is 0 Å². The molecular weight excluding hydrogens is 388 g/mol. The van der Waals surface area contributed by atoms with E-state index in [1.165, 1.54) is 31.4 Å². The molecule has 0 unspecified atom stereocenters. The summed E-state index contributed by atoms with van der Waals surface area (Å²) in [5, 5.41) is -4.68. The molecule has 0 aliphatic heterocycles. The molecule has 100 valence electrons. The average Bonchev–Trinajstić information content (AvgIpc) is 2.28. The van der Waals surface area contributed by atoms with Crippen LogP contribution in [-0.4, -0.2) is 22.1 Å². The van der Waals surface area contributed by atoms with Gasteiger partial charge in [0.25, 0.3) is 0 Å². The van der Waals surface area contributed by atoms with E-state index in [1.54, 1.807) is 0 Å². The Morgan fingerprint density at radius 3 is 2.11 bits per heavy atom. The number of alkyl halides is 5. The molecule has 0 bridgehead atoms. The van der Waals surface area contributed by atoms with Crippen molar-refractivity contribution in [1.82, 2.24) is 0 Å². The fourth-order valence-corrected chi connectivity index (χ4v) is 1.82. The molecule has 18 heavy (non-hydrogen) atoms. The Bertz CT molecular complexity index is 444. The smallest absolute Gasteiger partial charge is 0.390 e. The monoisotopic (exact) mass is 395 g/mol. The number of nitrogens with zero attached hydrogens (tertiary/aromatic N) is 1. The van der Waals surface area contributed by atoms with Crippen molar-refractivity contribution in [2.24, 2.45) is 4.99 Å². The number of aliphatic imine (C=N–C) groups is 1. The maximum absolute atomic E-state index is 13.1. The van der Waals surface area contributed by atoms with Gasteiger partial charge in [-0.25, -0.2) is 4.99 Å². The second-order valence-electron chi connectivity index (χ2n) is 3.17. The van der Waals surface area contributed by atoms with E-state index in [0.717, 1.165) is 22.6 Å². The van der Waals surface area contributed by atoms with Gasteiger partial charge in [0.15, 0.2) is 3.72 Å². The second-order valence-corrected chi connectivity index (χ2v) is 4.67. The van der Waals surface area contributed by atoms with Gasteiger partial charge in [-0.3, -0.25) is 0 Å². The summed E-state index contributed by atoms with van der Waals surface area (Å²) in [5.74, 6) is -4.02. The first-order valence-electron chi connectivity index (χ1n) is 4.51. The summed E-state index contributed by atoms with van der Waals surface area (Å²) in [6.07, 6.45) is 0. The van der Waals surface area contributed by atoms with Gasteiger partial charge in [0.05, 0.1) is 12.8 Å². The van der Waals surface area contributed by atoms with Crippen LogP contribution in [0.4, 0.5) is 23.2 Å². The molecule has 0 heterocycles. The fraction of sp³-hybridized carbons (Fsp3) is 0.300. The van der Waals surface area contributed by atoms with Crippen LogP contribution in [0.2, 0.25) is 0 Å². The fourth-order valence-electron chi connectivity index (χ4n) is 0.957. The second kappa shape index (κ2) is 5.60. The third kappa shape index (κ3) is 3.47. The van der Waals surface area contributed by atoms with Crippen LogP contribution in [0.5, 0.6) is 5.75 Å². The average molecular weight is 396 g/mol. The lowest BCUT2D eigenvalue weighted by molar-refractivity contribution is -0.104. The largest absolute Gasteiger partial charge is 0.497 e. The predicted molar refractivity (Wildman–Crippen MR) is 69.9 cm³/mol. The maximum atomic E-state index is 13.1. The lowest BCUT2D eigenvalue weighted by Crippen LogP contribution is -2.40. The molecule has 1 rings (SSSR count). The van der Waals surface area contributed by atoms with E-state index < -0.39 is 15.0 Å². The van der Waals surface area contributed by atoms with Crippen LogP contribution in [0.1, 0.15) is 0 Å². The molecule has 1 aromatic carbocycles. The first-order chi connectivity index (χ1) is 8.18. The Morgan fingerprint density at radius 1 is 1.22 bits per heavy atom. The highest BCUT2D eigenvalue weighted by Gasteiger charge is 2.58. The third-order valence-electron chi connectivity index (χ3n) is 1.91. The highest BCUT2D eigenvalue weighted by molar-refractivity contribution is 14.1. The minimum absolute atomic E-state index is 0.0980. The summed E-state index contributed by atoms with van der Waals surface area (Å²) in [6.45, 7) is 0. The van der Waals surface area contributed by atoms with Crippen molar-refractivity contribution in [3.8, 4) is 5.75 Å². The van der Waals surface area contributed by atoms with Crippen molar-refractivity contribution in [3.63, 3.8) is 0 Å². The van der Waals surface area contributed by atoms with E-state index in [1.807, 2.05) is 0 Å². The zero-order chi connectivity index (χ0) is 14.0. The van der Waals surface area contributed by atoms with Crippen LogP contribution in [0.3, 0.4) is 0 Å². The molecule has 0 aromatic heterocycles. The molecule has 8 heteroatoms. The van der Waals surface area contributed by atoms with E-state index in [4.69, 9.17) is 4.74 Å². The molecule has 0 radical (unpaired) electrons. The van der Waals surface area contributed by atoms with Crippen LogP contribution in [0.25, 0.3) is 0 Å². The molecule has 0 aliphatic rings. The number of ether oxygens (including phenoxy) is 1. The first kappa shape index (κ1) is 15.5. The Balaban J connectivity index is 3.01. The Labute approximate surface area is 119 Å². The third-order valence-corrected chi connectivity index (χ3v) is 3.07. The molecule has 0 N–H and O–H groups in total. The molecule has 0 aliphatic carbocycles. The summed E-state index contributed by atoms with van der Waals surface area (Å²) in [4.78, 5) is 3.41. The molecular formula is C10H7ClF4INO. The van der Waals surface area contributed by atoms with Crippen LogP contribution in [0.15, 0.2) is 29.3 Å². The highest BCUT2D eigenvalue weighted by Crippen LogP contribution is 2.41. The summed E-state index contributed by atoms with van der Waals surface area (Å²) in [6, 6.07) is 5.67. The Kier molecular flexibility index (Phi) is 4.82. The normalized spacial score (nSPS) is 13.6. The van der Waals surface area contributed by atoms with E-state index in [0.29, 0.717) is 5.75 Å². The standard InChI is InChI=1S/C10H7ClF4INO/c1-18-7-4-2-6(3-5-7)17-8(16)9(12,13)10(11,14)15/h2-5H,1H3. The number of halogens is 6. The molecule has 2 nitrogen and oxygen atoms in total. The van der Waals surface area contributed by atoms with Gasteiger partial charge < -0.3 is 4.74 Å². The van der Waals surface area contributed by atoms with Crippen LogP contribution < -0.4 is 4.74 Å². The van der Waals surface area contributed by atoms with Gasteiger partial charge in [-0.2, -0.15) is 17.6 Å². The van der Waals surface area contributed by atoms with Crippen molar-refractivity contribution >= 4 is 43.6 Å².